The minimum absolute atomic E-state index is 0.114. The van der Waals surface area contributed by atoms with Crippen molar-refractivity contribution in [2.24, 2.45) is 5.10 Å². The highest BCUT2D eigenvalue weighted by Gasteiger charge is 2.20. The summed E-state index contributed by atoms with van der Waals surface area (Å²) in [7, 11) is 1.40. The fraction of sp³-hybridized carbons (Fsp3) is 0.524. The van der Waals surface area contributed by atoms with Gasteiger partial charge in [-0.3, -0.25) is 10.1 Å². The summed E-state index contributed by atoms with van der Waals surface area (Å²) < 4.78 is 5.22. The summed E-state index contributed by atoms with van der Waals surface area (Å²) >= 11 is 0. The van der Waals surface area contributed by atoms with E-state index in [1.54, 1.807) is 12.1 Å². The Kier molecular flexibility index (Phi) is 6.93. The number of nitrogens with zero attached hydrogens (tertiary/aromatic N) is 7. The summed E-state index contributed by atoms with van der Waals surface area (Å²) in [5.41, 5.74) is 3.25. The standard InChI is InChI=1S/C21H28N8O3/c1-32-18-16(9-8-10-17(18)29(30)31)15-22-26-19-23-20(27-11-4-2-5-12-27)25-21(24-19)28-13-6-3-7-14-28/h8-10,15H,2-7,11-14H2,1H3,(H,23,24,25,26). The first-order valence-corrected chi connectivity index (χ1v) is 11.0. The van der Waals surface area contributed by atoms with E-state index in [9.17, 15) is 10.1 Å². The molecule has 1 N–H and O–H groups in total. The molecule has 1 aromatic carbocycles. The predicted molar refractivity (Wildman–Crippen MR) is 123 cm³/mol. The van der Waals surface area contributed by atoms with Crippen LogP contribution in [0.3, 0.4) is 0 Å². The summed E-state index contributed by atoms with van der Waals surface area (Å²) in [5, 5.41) is 15.5. The van der Waals surface area contributed by atoms with Gasteiger partial charge in [0.25, 0.3) is 0 Å². The molecule has 0 saturated carbocycles. The number of hydrogen-bond acceptors (Lipinski definition) is 10. The molecular weight excluding hydrogens is 412 g/mol. The Bertz CT molecular complexity index is 935. The van der Waals surface area contributed by atoms with E-state index in [0.717, 1.165) is 51.9 Å². The van der Waals surface area contributed by atoms with Gasteiger partial charge >= 0.3 is 5.69 Å². The molecule has 2 aromatic rings. The first-order chi connectivity index (χ1) is 15.7. The van der Waals surface area contributed by atoms with E-state index in [-0.39, 0.29) is 11.4 Å². The summed E-state index contributed by atoms with van der Waals surface area (Å²) in [6, 6.07) is 4.68. The zero-order chi connectivity index (χ0) is 22.3. The average Bonchev–Trinajstić information content (AvgIpc) is 2.84. The van der Waals surface area contributed by atoms with E-state index in [4.69, 9.17) is 9.72 Å². The Balaban J connectivity index is 1.58. The van der Waals surface area contributed by atoms with Gasteiger partial charge in [-0.25, -0.2) is 5.43 Å². The van der Waals surface area contributed by atoms with E-state index in [0.29, 0.717) is 23.4 Å². The molecule has 2 saturated heterocycles. The number of para-hydroxylation sites is 1. The minimum atomic E-state index is -0.481. The predicted octanol–water partition coefficient (Wildman–Crippen LogP) is 3.22. The molecule has 3 heterocycles. The summed E-state index contributed by atoms with van der Waals surface area (Å²) in [6.45, 7) is 3.71. The molecule has 2 aliphatic rings. The van der Waals surface area contributed by atoms with Gasteiger partial charge in [0.1, 0.15) is 0 Å². The number of nitro benzene ring substituents is 1. The molecule has 0 unspecified atom stereocenters. The fourth-order valence-corrected chi connectivity index (χ4v) is 4.04. The SMILES string of the molecule is COc1c(C=NNc2nc(N3CCCCC3)nc(N3CCCCC3)n2)cccc1[N+](=O)[O-]. The number of nitro groups is 1. The van der Waals surface area contributed by atoms with Gasteiger partial charge in [-0.1, -0.05) is 6.07 Å². The van der Waals surface area contributed by atoms with Gasteiger partial charge in [0.05, 0.1) is 18.2 Å². The second kappa shape index (κ2) is 10.2. The maximum atomic E-state index is 11.2. The molecule has 4 rings (SSSR count). The van der Waals surface area contributed by atoms with Gasteiger partial charge in [0, 0.05) is 37.8 Å². The summed E-state index contributed by atoms with van der Waals surface area (Å²) in [4.78, 5) is 29.1. The van der Waals surface area contributed by atoms with E-state index in [2.05, 4.69) is 30.3 Å². The number of benzene rings is 1. The molecule has 0 atom stereocenters. The number of hydrazone groups is 1. The molecular formula is C21H28N8O3. The molecule has 32 heavy (non-hydrogen) atoms. The third-order valence-electron chi connectivity index (χ3n) is 5.68. The van der Waals surface area contributed by atoms with Crippen molar-refractivity contribution in [2.45, 2.75) is 38.5 Å². The van der Waals surface area contributed by atoms with Crippen molar-refractivity contribution in [1.29, 1.82) is 0 Å². The van der Waals surface area contributed by atoms with Crippen LogP contribution in [0.1, 0.15) is 44.1 Å². The van der Waals surface area contributed by atoms with E-state index in [1.165, 1.54) is 32.2 Å². The zero-order valence-electron chi connectivity index (χ0n) is 18.2. The number of aromatic nitrogens is 3. The lowest BCUT2D eigenvalue weighted by molar-refractivity contribution is -0.385. The molecule has 0 aliphatic carbocycles. The lowest BCUT2D eigenvalue weighted by atomic mass is 10.1. The van der Waals surface area contributed by atoms with Crippen LogP contribution >= 0.6 is 0 Å². The third-order valence-corrected chi connectivity index (χ3v) is 5.68. The second-order valence-corrected chi connectivity index (χ2v) is 7.88. The number of anilines is 3. The monoisotopic (exact) mass is 440 g/mol. The lowest BCUT2D eigenvalue weighted by Crippen LogP contribution is -2.34. The first-order valence-electron chi connectivity index (χ1n) is 11.0. The molecule has 11 heteroatoms. The van der Waals surface area contributed by atoms with Crippen molar-refractivity contribution < 1.29 is 9.66 Å². The summed E-state index contributed by atoms with van der Waals surface area (Å²) in [5.74, 6) is 1.82. The van der Waals surface area contributed by atoms with Crippen LogP contribution < -0.4 is 20.0 Å². The number of piperidine rings is 2. The Labute approximate surface area is 186 Å². The topological polar surface area (TPSA) is 122 Å². The number of methoxy groups -OCH3 is 1. The van der Waals surface area contributed by atoms with Crippen LogP contribution in [0.15, 0.2) is 23.3 Å². The van der Waals surface area contributed by atoms with Crippen molar-refractivity contribution in [3.05, 3.63) is 33.9 Å². The van der Waals surface area contributed by atoms with Crippen LogP contribution in [0.25, 0.3) is 0 Å². The molecule has 2 aliphatic heterocycles. The highest BCUT2D eigenvalue weighted by atomic mass is 16.6. The van der Waals surface area contributed by atoms with Gasteiger partial charge in [0.15, 0.2) is 0 Å². The highest BCUT2D eigenvalue weighted by molar-refractivity contribution is 5.86. The van der Waals surface area contributed by atoms with Gasteiger partial charge in [-0.2, -0.15) is 20.1 Å². The van der Waals surface area contributed by atoms with Crippen molar-refractivity contribution in [3.63, 3.8) is 0 Å². The average molecular weight is 441 g/mol. The maximum Gasteiger partial charge on any atom is 0.311 e. The molecule has 11 nitrogen and oxygen atoms in total. The van der Waals surface area contributed by atoms with E-state index in [1.807, 2.05) is 0 Å². The fourth-order valence-electron chi connectivity index (χ4n) is 4.04. The normalized spacial score (nSPS) is 16.9. The molecule has 0 spiro atoms. The van der Waals surface area contributed by atoms with Crippen LogP contribution in [0, 0.1) is 10.1 Å². The van der Waals surface area contributed by atoms with Crippen molar-refractivity contribution in [3.8, 4) is 5.75 Å². The Morgan fingerprint density at radius 3 is 2.12 bits per heavy atom. The lowest BCUT2D eigenvalue weighted by Gasteiger charge is -2.30. The van der Waals surface area contributed by atoms with Crippen LogP contribution in [0.5, 0.6) is 5.75 Å². The smallest absolute Gasteiger partial charge is 0.311 e. The molecule has 0 amide bonds. The maximum absolute atomic E-state index is 11.2. The number of nitrogens with one attached hydrogen (secondary N) is 1. The molecule has 170 valence electrons. The van der Waals surface area contributed by atoms with Crippen LogP contribution in [-0.4, -0.2) is 59.4 Å². The van der Waals surface area contributed by atoms with Gasteiger partial charge in [0.2, 0.25) is 23.6 Å². The highest BCUT2D eigenvalue weighted by Crippen LogP contribution is 2.29. The minimum Gasteiger partial charge on any atom is -0.490 e. The van der Waals surface area contributed by atoms with E-state index >= 15 is 0 Å². The molecule has 0 radical (unpaired) electrons. The van der Waals surface area contributed by atoms with E-state index < -0.39 is 4.92 Å². The van der Waals surface area contributed by atoms with Gasteiger partial charge < -0.3 is 14.5 Å². The Morgan fingerprint density at radius 2 is 1.59 bits per heavy atom. The number of hydrogen-bond donors (Lipinski definition) is 1. The second-order valence-electron chi connectivity index (χ2n) is 7.88. The quantitative estimate of drug-likeness (QED) is 0.393. The van der Waals surface area contributed by atoms with Crippen molar-refractivity contribution >= 4 is 29.7 Å². The molecule has 0 bridgehead atoms. The first kappa shape index (κ1) is 21.7. The van der Waals surface area contributed by atoms with Crippen LogP contribution in [-0.2, 0) is 0 Å². The molecule has 2 fully saturated rings. The number of rotatable bonds is 7. The molecule has 1 aromatic heterocycles. The van der Waals surface area contributed by atoms with Crippen molar-refractivity contribution in [2.75, 3.05) is 48.5 Å². The van der Waals surface area contributed by atoms with Gasteiger partial charge in [-0.15, -0.1) is 0 Å². The largest absolute Gasteiger partial charge is 0.490 e. The van der Waals surface area contributed by atoms with Crippen LogP contribution in [0.4, 0.5) is 23.5 Å². The Hall–Kier alpha value is -3.50. The Morgan fingerprint density at radius 1 is 1.00 bits per heavy atom. The summed E-state index contributed by atoms with van der Waals surface area (Å²) in [6.07, 6.45) is 8.41. The zero-order valence-corrected chi connectivity index (χ0v) is 18.2. The van der Waals surface area contributed by atoms with Gasteiger partial charge in [-0.05, 0) is 44.6 Å². The third kappa shape index (κ3) is 5.04. The van der Waals surface area contributed by atoms with Crippen LogP contribution in [0.2, 0.25) is 0 Å². The number of ether oxygens (including phenoxy) is 1. The van der Waals surface area contributed by atoms with Crippen molar-refractivity contribution in [1.82, 2.24) is 15.0 Å².